The highest BCUT2D eigenvalue weighted by Crippen LogP contribution is 2.39. The summed E-state index contributed by atoms with van der Waals surface area (Å²) >= 11 is 0. The molecular formula is C28H35N3O6. The maximum atomic E-state index is 13.8. The molecular weight excluding hydrogens is 474 g/mol. The molecule has 37 heavy (non-hydrogen) atoms. The van der Waals surface area contributed by atoms with Crippen LogP contribution < -0.4 is 14.2 Å². The van der Waals surface area contributed by atoms with E-state index in [1.54, 1.807) is 33.3 Å². The first-order chi connectivity index (χ1) is 18.0. The lowest BCUT2D eigenvalue weighted by molar-refractivity contribution is -0.146. The van der Waals surface area contributed by atoms with Gasteiger partial charge in [-0.15, -0.1) is 0 Å². The third kappa shape index (κ3) is 5.88. The number of methoxy groups -OCH3 is 4. The van der Waals surface area contributed by atoms with Gasteiger partial charge in [-0.25, -0.2) is 5.01 Å². The molecule has 9 nitrogen and oxygen atoms in total. The molecule has 0 saturated heterocycles. The average molecular weight is 510 g/mol. The fourth-order valence-corrected chi connectivity index (χ4v) is 4.68. The Morgan fingerprint density at radius 3 is 2.41 bits per heavy atom. The summed E-state index contributed by atoms with van der Waals surface area (Å²) in [5.74, 6) is 1.71. The Kier molecular flexibility index (Phi) is 8.66. The molecule has 0 N–H and O–H groups in total. The van der Waals surface area contributed by atoms with E-state index in [1.807, 2.05) is 42.5 Å². The quantitative estimate of drug-likeness (QED) is 0.459. The molecule has 1 aliphatic heterocycles. The van der Waals surface area contributed by atoms with Crippen LogP contribution in [0, 0.1) is 5.92 Å². The van der Waals surface area contributed by atoms with E-state index in [2.05, 4.69) is 0 Å². The van der Waals surface area contributed by atoms with Gasteiger partial charge in [0.15, 0.2) is 0 Å². The second-order valence-corrected chi connectivity index (χ2v) is 9.23. The van der Waals surface area contributed by atoms with Gasteiger partial charge in [0.1, 0.15) is 23.8 Å². The number of hydrogen-bond donors (Lipinski definition) is 0. The molecule has 0 unspecified atom stereocenters. The maximum absolute atomic E-state index is 13.8. The zero-order valence-corrected chi connectivity index (χ0v) is 21.9. The largest absolute Gasteiger partial charge is 0.497 e. The first-order valence-electron chi connectivity index (χ1n) is 12.5. The second kappa shape index (κ2) is 12.1. The molecule has 0 aromatic heterocycles. The minimum atomic E-state index is -0.429. The van der Waals surface area contributed by atoms with Crippen LogP contribution in [0.1, 0.15) is 42.9 Å². The monoisotopic (exact) mass is 509 g/mol. The molecule has 1 heterocycles. The molecule has 0 radical (unpaired) electrons. The van der Waals surface area contributed by atoms with E-state index in [0.29, 0.717) is 36.8 Å². The average Bonchev–Trinajstić information content (AvgIpc) is 3.35. The highest BCUT2D eigenvalue weighted by molar-refractivity contribution is 6.03. The molecule has 0 bridgehead atoms. The van der Waals surface area contributed by atoms with Crippen LogP contribution in [0.25, 0.3) is 0 Å². The highest BCUT2D eigenvalue weighted by atomic mass is 16.5. The van der Waals surface area contributed by atoms with Crippen LogP contribution in [0.3, 0.4) is 0 Å². The van der Waals surface area contributed by atoms with Crippen molar-refractivity contribution in [3.8, 4) is 17.2 Å². The number of carbonyl (C=O) groups excluding carboxylic acids is 2. The Balaban J connectivity index is 1.68. The molecule has 2 amide bonds. The van der Waals surface area contributed by atoms with E-state index in [9.17, 15) is 9.59 Å². The standard InChI is InChI=1S/C28H35N3O6/c1-34-14-13-30(28(33)19-7-5-8-19)18-27(32)31-25(23-16-22(36-3)11-12-26(23)37-4)17-24(29-31)20-9-6-10-21(15-20)35-2/h6,9-12,15-16,19,25H,5,7-8,13-14,17-18H2,1-4H3/t25-/m1/s1. The van der Waals surface area contributed by atoms with Crippen LogP contribution in [0.15, 0.2) is 47.6 Å². The minimum absolute atomic E-state index is 0.00311. The van der Waals surface area contributed by atoms with Gasteiger partial charge in [-0.3, -0.25) is 9.59 Å². The lowest BCUT2D eigenvalue weighted by Gasteiger charge is -2.32. The molecule has 2 aliphatic rings. The summed E-state index contributed by atoms with van der Waals surface area (Å²) in [7, 11) is 6.40. The number of benzene rings is 2. The molecule has 1 fully saturated rings. The van der Waals surface area contributed by atoms with Crippen molar-refractivity contribution in [3.05, 3.63) is 53.6 Å². The number of hydrogen-bond acceptors (Lipinski definition) is 7. The van der Waals surface area contributed by atoms with Crippen LogP contribution in [-0.2, 0) is 14.3 Å². The van der Waals surface area contributed by atoms with Gasteiger partial charge in [-0.2, -0.15) is 5.10 Å². The zero-order chi connectivity index (χ0) is 26.4. The molecule has 1 aliphatic carbocycles. The molecule has 1 atom stereocenters. The summed E-state index contributed by atoms with van der Waals surface area (Å²) < 4.78 is 21.7. The van der Waals surface area contributed by atoms with E-state index in [4.69, 9.17) is 24.0 Å². The predicted molar refractivity (Wildman–Crippen MR) is 139 cm³/mol. The Bertz CT molecular complexity index is 1150. The summed E-state index contributed by atoms with van der Waals surface area (Å²) in [4.78, 5) is 28.5. The topological polar surface area (TPSA) is 89.9 Å². The summed E-state index contributed by atoms with van der Waals surface area (Å²) in [5, 5.41) is 6.26. The van der Waals surface area contributed by atoms with Crippen LogP contribution in [0.5, 0.6) is 17.2 Å². The van der Waals surface area contributed by atoms with E-state index in [1.165, 1.54) is 5.01 Å². The summed E-state index contributed by atoms with van der Waals surface area (Å²) in [6, 6.07) is 12.7. The van der Waals surface area contributed by atoms with Crippen molar-refractivity contribution >= 4 is 17.5 Å². The van der Waals surface area contributed by atoms with Crippen LogP contribution in [0.4, 0.5) is 0 Å². The van der Waals surface area contributed by atoms with Crippen molar-refractivity contribution in [1.82, 2.24) is 9.91 Å². The SMILES string of the molecule is COCCN(CC(=O)N1N=C(c2cccc(OC)c2)C[C@@H]1c1cc(OC)ccc1OC)C(=O)C1CCC1. The van der Waals surface area contributed by atoms with E-state index in [-0.39, 0.29) is 24.3 Å². The zero-order valence-electron chi connectivity index (χ0n) is 21.9. The van der Waals surface area contributed by atoms with Gasteiger partial charge in [-0.05, 0) is 43.2 Å². The third-order valence-corrected chi connectivity index (χ3v) is 7.02. The summed E-state index contributed by atoms with van der Waals surface area (Å²) in [5.41, 5.74) is 2.39. The maximum Gasteiger partial charge on any atom is 0.262 e. The van der Waals surface area contributed by atoms with Gasteiger partial charge in [-0.1, -0.05) is 18.6 Å². The number of hydrazone groups is 1. The van der Waals surface area contributed by atoms with Crippen molar-refractivity contribution in [2.75, 3.05) is 48.1 Å². The molecule has 9 heteroatoms. The van der Waals surface area contributed by atoms with Crippen molar-refractivity contribution < 1.29 is 28.5 Å². The smallest absolute Gasteiger partial charge is 0.262 e. The van der Waals surface area contributed by atoms with Gasteiger partial charge in [0.2, 0.25) is 5.91 Å². The molecule has 198 valence electrons. The Hall–Kier alpha value is -3.59. The molecule has 1 saturated carbocycles. The predicted octanol–water partition coefficient (Wildman–Crippen LogP) is 3.67. The van der Waals surface area contributed by atoms with Crippen molar-refractivity contribution in [1.29, 1.82) is 0 Å². The summed E-state index contributed by atoms with van der Waals surface area (Å²) in [6.07, 6.45) is 3.24. The highest BCUT2D eigenvalue weighted by Gasteiger charge is 2.37. The number of rotatable bonds is 11. The lowest BCUT2D eigenvalue weighted by atomic mass is 9.84. The Morgan fingerprint density at radius 1 is 1.00 bits per heavy atom. The minimum Gasteiger partial charge on any atom is -0.497 e. The van der Waals surface area contributed by atoms with E-state index < -0.39 is 6.04 Å². The van der Waals surface area contributed by atoms with Gasteiger partial charge in [0, 0.05) is 37.1 Å². The van der Waals surface area contributed by atoms with Crippen molar-refractivity contribution in [2.24, 2.45) is 11.0 Å². The van der Waals surface area contributed by atoms with Crippen molar-refractivity contribution in [3.63, 3.8) is 0 Å². The Labute approximate surface area is 217 Å². The molecule has 0 spiro atoms. The third-order valence-electron chi connectivity index (χ3n) is 7.02. The fourth-order valence-electron chi connectivity index (χ4n) is 4.68. The second-order valence-electron chi connectivity index (χ2n) is 9.23. The van der Waals surface area contributed by atoms with Crippen molar-refractivity contribution in [2.45, 2.75) is 31.7 Å². The molecule has 2 aromatic rings. The van der Waals surface area contributed by atoms with Gasteiger partial charge >= 0.3 is 0 Å². The number of amides is 2. The first kappa shape index (κ1) is 26.5. The normalized spacial score (nSPS) is 17.1. The Morgan fingerprint density at radius 2 is 1.76 bits per heavy atom. The van der Waals surface area contributed by atoms with E-state index >= 15 is 0 Å². The number of nitrogens with zero attached hydrogens (tertiary/aromatic N) is 3. The van der Waals surface area contributed by atoms with Gasteiger partial charge < -0.3 is 23.8 Å². The fraction of sp³-hybridized carbons (Fsp3) is 0.464. The van der Waals surface area contributed by atoms with Crippen LogP contribution >= 0.6 is 0 Å². The van der Waals surface area contributed by atoms with Crippen LogP contribution in [-0.4, -0.2) is 75.6 Å². The summed E-state index contributed by atoms with van der Waals surface area (Å²) in [6.45, 7) is 0.637. The number of carbonyl (C=O) groups is 2. The van der Waals surface area contributed by atoms with Gasteiger partial charge in [0.05, 0.1) is 39.7 Å². The van der Waals surface area contributed by atoms with Gasteiger partial charge in [0.25, 0.3) is 5.91 Å². The number of ether oxygens (including phenoxy) is 4. The van der Waals surface area contributed by atoms with Crippen LogP contribution in [0.2, 0.25) is 0 Å². The molecule has 4 rings (SSSR count). The molecule has 2 aromatic carbocycles. The van der Waals surface area contributed by atoms with E-state index in [0.717, 1.165) is 36.1 Å². The lowest BCUT2D eigenvalue weighted by Crippen LogP contribution is -2.46. The first-order valence-corrected chi connectivity index (χ1v) is 12.5.